The average molecular weight is 314 g/mol. The van der Waals surface area contributed by atoms with Crippen molar-refractivity contribution in [1.29, 1.82) is 0 Å². The van der Waals surface area contributed by atoms with Gasteiger partial charge in [0.15, 0.2) is 11.5 Å². The number of aryl methyl sites for hydroxylation is 1. The zero-order valence-electron chi connectivity index (χ0n) is 13.9. The molecule has 1 aliphatic rings. The van der Waals surface area contributed by atoms with Gasteiger partial charge in [0.05, 0.1) is 14.2 Å². The molecule has 0 radical (unpaired) electrons. The SMILES string of the molecule is COc1ccc(Cc2nn(C)c3c(c2=O)CCCC3)cc1OC. The quantitative estimate of drug-likeness (QED) is 0.869. The highest BCUT2D eigenvalue weighted by atomic mass is 16.5. The molecule has 0 bridgehead atoms. The van der Waals surface area contributed by atoms with Gasteiger partial charge in [-0.15, -0.1) is 0 Å². The predicted molar refractivity (Wildman–Crippen MR) is 88.5 cm³/mol. The van der Waals surface area contributed by atoms with Crippen LogP contribution in [0.1, 0.15) is 35.4 Å². The third kappa shape index (κ3) is 2.96. The van der Waals surface area contributed by atoms with E-state index in [-0.39, 0.29) is 5.43 Å². The third-order valence-electron chi connectivity index (χ3n) is 4.46. The van der Waals surface area contributed by atoms with Gasteiger partial charge in [-0.1, -0.05) is 6.07 Å². The topological polar surface area (TPSA) is 53.4 Å². The van der Waals surface area contributed by atoms with Crippen molar-refractivity contribution in [2.75, 3.05) is 14.2 Å². The van der Waals surface area contributed by atoms with Gasteiger partial charge in [-0.25, -0.2) is 0 Å². The van der Waals surface area contributed by atoms with Gasteiger partial charge < -0.3 is 9.47 Å². The van der Waals surface area contributed by atoms with Crippen LogP contribution in [-0.4, -0.2) is 24.0 Å². The van der Waals surface area contributed by atoms with Gasteiger partial charge in [-0.2, -0.15) is 5.10 Å². The minimum Gasteiger partial charge on any atom is -0.493 e. The van der Waals surface area contributed by atoms with E-state index < -0.39 is 0 Å². The number of hydrogen-bond donors (Lipinski definition) is 0. The summed E-state index contributed by atoms with van der Waals surface area (Å²) in [6, 6.07) is 5.71. The Balaban J connectivity index is 1.97. The molecule has 0 spiro atoms. The minimum atomic E-state index is 0.104. The maximum absolute atomic E-state index is 12.7. The van der Waals surface area contributed by atoms with Crippen molar-refractivity contribution in [2.24, 2.45) is 7.05 Å². The molecule has 122 valence electrons. The summed E-state index contributed by atoms with van der Waals surface area (Å²) in [5.41, 5.74) is 3.73. The molecule has 2 aromatic rings. The Labute approximate surface area is 135 Å². The molecule has 1 aliphatic carbocycles. The van der Waals surface area contributed by atoms with Gasteiger partial charge in [0.2, 0.25) is 5.43 Å². The first-order valence-corrected chi connectivity index (χ1v) is 7.93. The van der Waals surface area contributed by atoms with Crippen molar-refractivity contribution in [3.63, 3.8) is 0 Å². The number of aromatic nitrogens is 2. The van der Waals surface area contributed by atoms with Crippen LogP contribution < -0.4 is 14.9 Å². The maximum atomic E-state index is 12.7. The van der Waals surface area contributed by atoms with E-state index in [4.69, 9.17) is 9.47 Å². The van der Waals surface area contributed by atoms with E-state index in [0.29, 0.717) is 23.6 Å². The Hall–Kier alpha value is -2.30. The zero-order chi connectivity index (χ0) is 16.4. The highest BCUT2D eigenvalue weighted by Gasteiger charge is 2.19. The van der Waals surface area contributed by atoms with Gasteiger partial charge in [0, 0.05) is 24.7 Å². The molecular weight excluding hydrogens is 292 g/mol. The summed E-state index contributed by atoms with van der Waals surface area (Å²) in [4.78, 5) is 12.7. The second kappa shape index (κ2) is 6.44. The molecule has 3 rings (SSSR count). The summed E-state index contributed by atoms with van der Waals surface area (Å²) < 4.78 is 12.5. The highest BCUT2D eigenvalue weighted by molar-refractivity contribution is 5.44. The normalized spacial score (nSPS) is 13.5. The van der Waals surface area contributed by atoms with Crippen molar-refractivity contribution in [1.82, 2.24) is 9.78 Å². The van der Waals surface area contributed by atoms with E-state index >= 15 is 0 Å². The first-order valence-electron chi connectivity index (χ1n) is 7.93. The molecule has 1 aromatic heterocycles. The lowest BCUT2D eigenvalue weighted by molar-refractivity contribution is 0.354. The molecule has 1 aromatic carbocycles. The molecule has 5 nitrogen and oxygen atoms in total. The molecule has 5 heteroatoms. The molecule has 0 saturated heterocycles. The molecule has 0 aliphatic heterocycles. The molecule has 1 heterocycles. The van der Waals surface area contributed by atoms with E-state index in [1.165, 1.54) is 0 Å². The maximum Gasteiger partial charge on any atom is 0.207 e. The van der Waals surface area contributed by atoms with Gasteiger partial charge >= 0.3 is 0 Å². The lowest BCUT2D eigenvalue weighted by Crippen LogP contribution is -2.27. The molecular formula is C18H22N2O3. The Bertz CT molecular complexity index is 781. The smallest absolute Gasteiger partial charge is 0.207 e. The standard InChI is InChI=1S/C18H22N2O3/c1-20-15-7-5-4-6-13(15)18(21)14(19-20)10-12-8-9-16(22-2)17(11-12)23-3/h8-9,11H,4-7,10H2,1-3H3. The lowest BCUT2D eigenvalue weighted by Gasteiger charge is -2.19. The molecule has 23 heavy (non-hydrogen) atoms. The summed E-state index contributed by atoms with van der Waals surface area (Å²) >= 11 is 0. The number of fused-ring (bicyclic) bond motifs is 1. The number of methoxy groups -OCH3 is 2. The Morgan fingerprint density at radius 2 is 1.87 bits per heavy atom. The largest absolute Gasteiger partial charge is 0.493 e. The molecule has 0 fully saturated rings. The fourth-order valence-electron chi connectivity index (χ4n) is 3.25. The van der Waals surface area contributed by atoms with Crippen LogP contribution >= 0.6 is 0 Å². The van der Waals surface area contributed by atoms with Gasteiger partial charge in [-0.05, 0) is 43.4 Å². The van der Waals surface area contributed by atoms with Crippen LogP contribution in [0.5, 0.6) is 11.5 Å². The van der Waals surface area contributed by atoms with E-state index in [9.17, 15) is 4.79 Å². The fourth-order valence-corrected chi connectivity index (χ4v) is 3.25. The Morgan fingerprint density at radius 3 is 2.61 bits per heavy atom. The van der Waals surface area contributed by atoms with Gasteiger partial charge in [-0.3, -0.25) is 9.48 Å². The average Bonchev–Trinajstić information content (AvgIpc) is 2.59. The van der Waals surface area contributed by atoms with Gasteiger partial charge in [0.1, 0.15) is 5.69 Å². The molecule has 0 saturated carbocycles. The zero-order valence-corrected chi connectivity index (χ0v) is 13.9. The molecule has 0 amide bonds. The summed E-state index contributed by atoms with van der Waals surface area (Å²) in [6.45, 7) is 0. The van der Waals surface area contributed by atoms with Crippen LogP contribution in [0.3, 0.4) is 0 Å². The first kappa shape index (κ1) is 15.6. The van der Waals surface area contributed by atoms with Crippen LogP contribution in [0.25, 0.3) is 0 Å². The minimum absolute atomic E-state index is 0.104. The molecule has 0 atom stereocenters. The molecule has 0 unspecified atom stereocenters. The van der Waals surface area contributed by atoms with Gasteiger partial charge in [0.25, 0.3) is 0 Å². The van der Waals surface area contributed by atoms with Crippen molar-refractivity contribution in [3.8, 4) is 11.5 Å². The van der Waals surface area contributed by atoms with E-state index in [1.807, 2.05) is 29.9 Å². The van der Waals surface area contributed by atoms with Crippen LogP contribution in [0.2, 0.25) is 0 Å². The van der Waals surface area contributed by atoms with Crippen molar-refractivity contribution < 1.29 is 9.47 Å². The van der Waals surface area contributed by atoms with E-state index in [2.05, 4.69) is 5.10 Å². The van der Waals surface area contributed by atoms with Crippen LogP contribution in [-0.2, 0) is 26.3 Å². The lowest BCUT2D eigenvalue weighted by atomic mass is 9.94. The number of rotatable bonds is 4. The predicted octanol–water partition coefficient (Wildman–Crippen LogP) is 2.27. The summed E-state index contributed by atoms with van der Waals surface area (Å²) in [7, 11) is 5.15. The number of nitrogens with zero attached hydrogens (tertiary/aromatic N) is 2. The van der Waals surface area contributed by atoms with E-state index in [1.54, 1.807) is 14.2 Å². The van der Waals surface area contributed by atoms with Crippen molar-refractivity contribution in [3.05, 3.63) is 50.9 Å². The van der Waals surface area contributed by atoms with Crippen LogP contribution in [0, 0.1) is 0 Å². The summed E-state index contributed by atoms with van der Waals surface area (Å²) in [6.07, 6.45) is 4.54. The number of hydrogen-bond acceptors (Lipinski definition) is 4. The highest BCUT2D eigenvalue weighted by Crippen LogP contribution is 2.28. The Morgan fingerprint density at radius 1 is 1.13 bits per heavy atom. The monoisotopic (exact) mass is 314 g/mol. The second-order valence-corrected chi connectivity index (χ2v) is 5.90. The molecule has 0 N–H and O–H groups in total. The summed E-state index contributed by atoms with van der Waals surface area (Å²) in [5, 5.41) is 4.51. The fraction of sp³-hybridized carbons (Fsp3) is 0.444. The number of benzene rings is 1. The Kier molecular flexibility index (Phi) is 4.37. The van der Waals surface area contributed by atoms with Crippen molar-refractivity contribution in [2.45, 2.75) is 32.1 Å². The second-order valence-electron chi connectivity index (χ2n) is 5.90. The van der Waals surface area contributed by atoms with Crippen LogP contribution in [0.15, 0.2) is 23.0 Å². The third-order valence-corrected chi connectivity index (χ3v) is 4.46. The number of ether oxygens (including phenoxy) is 2. The van der Waals surface area contributed by atoms with Crippen LogP contribution in [0.4, 0.5) is 0 Å². The van der Waals surface area contributed by atoms with E-state index in [0.717, 1.165) is 42.5 Å². The first-order chi connectivity index (χ1) is 11.1. The van der Waals surface area contributed by atoms with Crippen molar-refractivity contribution >= 4 is 0 Å². The summed E-state index contributed by atoms with van der Waals surface area (Å²) in [5.74, 6) is 1.35.